The highest BCUT2D eigenvalue weighted by atomic mass is 16.5. The van der Waals surface area contributed by atoms with Crippen molar-refractivity contribution in [2.24, 2.45) is 0 Å². The van der Waals surface area contributed by atoms with Crippen molar-refractivity contribution in [3.05, 3.63) is 29.6 Å². The maximum absolute atomic E-state index is 12.3. The zero-order valence-electron chi connectivity index (χ0n) is 11.4. The highest BCUT2D eigenvalue weighted by molar-refractivity contribution is 5.97. The molecule has 1 aromatic heterocycles. The minimum Gasteiger partial charge on any atom is -0.477 e. The molecule has 2 N–H and O–H groups in total. The smallest absolute Gasteiger partial charge is 0.354 e. The van der Waals surface area contributed by atoms with Gasteiger partial charge in [-0.1, -0.05) is 6.92 Å². The number of aromatic nitrogens is 1. The molecule has 6 heteroatoms. The minimum atomic E-state index is -1.14. The van der Waals surface area contributed by atoms with Crippen LogP contribution in [0.5, 0.6) is 0 Å². The van der Waals surface area contributed by atoms with Crippen molar-refractivity contribution < 1.29 is 19.4 Å². The van der Waals surface area contributed by atoms with E-state index >= 15 is 0 Å². The number of amides is 1. The molecule has 0 aromatic carbocycles. The highest BCUT2D eigenvalue weighted by Crippen LogP contribution is 2.24. The Bertz CT molecular complexity index is 510. The van der Waals surface area contributed by atoms with E-state index in [1.807, 2.05) is 6.92 Å². The summed E-state index contributed by atoms with van der Waals surface area (Å²) in [5.74, 6) is -1.41. The topological polar surface area (TPSA) is 88.5 Å². The summed E-state index contributed by atoms with van der Waals surface area (Å²) in [6.45, 7) is 3.29. The highest BCUT2D eigenvalue weighted by Gasteiger charge is 2.32. The van der Waals surface area contributed by atoms with Crippen molar-refractivity contribution >= 4 is 11.9 Å². The Balaban J connectivity index is 2.14. The van der Waals surface area contributed by atoms with Crippen molar-refractivity contribution in [1.29, 1.82) is 0 Å². The number of rotatable bonds is 4. The third-order valence-electron chi connectivity index (χ3n) is 3.75. The lowest BCUT2D eigenvalue weighted by Gasteiger charge is -2.37. The first kappa shape index (κ1) is 14.5. The van der Waals surface area contributed by atoms with Gasteiger partial charge in [0.25, 0.3) is 5.91 Å². The van der Waals surface area contributed by atoms with Crippen molar-refractivity contribution in [3.63, 3.8) is 0 Å². The van der Waals surface area contributed by atoms with E-state index in [0.29, 0.717) is 18.8 Å². The largest absolute Gasteiger partial charge is 0.477 e. The standard InChI is InChI=1S/C14H18N2O4/c1-2-14(4-7-20-8-5-14)16-12(17)10-3-6-15-11(9-10)13(18)19/h3,6,9H,2,4-5,7-8H2,1H3,(H,16,17)(H,18,19). The van der Waals surface area contributed by atoms with Crippen LogP contribution in [-0.4, -0.2) is 40.7 Å². The molecule has 0 bridgehead atoms. The number of carbonyl (C=O) groups excluding carboxylic acids is 1. The second-order valence-corrected chi connectivity index (χ2v) is 4.94. The fourth-order valence-corrected chi connectivity index (χ4v) is 2.33. The first-order valence-corrected chi connectivity index (χ1v) is 6.66. The third-order valence-corrected chi connectivity index (χ3v) is 3.75. The van der Waals surface area contributed by atoms with Crippen LogP contribution in [0.25, 0.3) is 0 Å². The summed E-state index contributed by atoms with van der Waals surface area (Å²) in [5.41, 5.74) is -0.0750. The monoisotopic (exact) mass is 278 g/mol. The molecule has 6 nitrogen and oxygen atoms in total. The summed E-state index contributed by atoms with van der Waals surface area (Å²) in [6, 6.07) is 2.81. The SMILES string of the molecule is CCC1(NC(=O)c2ccnc(C(=O)O)c2)CCOCC1. The van der Waals surface area contributed by atoms with Gasteiger partial charge >= 0.3 is 5.97 Å². The zero-order chi connectivity index (χ0) is 14.6. The molecule has 1 aromatic rings. The van der Waals surface area contributed by atoms with Crippen molar-refractivity contribution in [1.82, 2.24) is 10.3 Å². The van der Waals surface area contributed by atoms with Gasteiger partial charge in [0.1, 0.15) is 5.69 Å². The van der Waals surface area contributed by atoms with Gasteiger partial charge in [-0.2, -0.15) is 0 Å². The van der Waals surface area contributed by atoms with Gasteiger partial charge in [0.2, 0.25) is 0 Å². The lowest BCUT2D eigenvalue weighted by atomic mass is 9.87. The Morgan fingerprint density at radius 2 is 2.15 bits per heavy atom. The fourth-order valence-electron chi connectivity index (χ4n) is 2.33. The van der Waals surface area contributed by atoms with Crippen molar-refractivity contribution in [2.45, 2.75) is 31.7 Å². The van der Waals surface area contributed by atoms with Gasteiger partial charge in [0.05, 0.1) is 0 Å². The lowest BCUT2D eigenvalue weighted by Crippen LogP contribution is -2.51. The Hall–Kier alpha value is -1.95. The molecule has 0 aliphatic carbocycles. The zero-order valence-corrected chi connectivity index (χ0v) is 11.4. The Morgan fingerprint density at radius 3 is 2.75 bits per heavy atom. The average Bonchev–Trinajstić information content (AvgIpc) is 2.48. The maximum atomic E-state index is 12.3. The van der Waals surface area contributed by atoms with E-state index < -0.39 is 5.97 Å². The molecule has 0 spiro atoms. The number of pyridine rings is 1. The quantitative estimate of drug-likeness (QED) is 0.870. The molecule has 20 heavy (non-hydrogen) atoms. The van der Waals surface area contributed by atoms with Gasteiger partial charge in [-0.05, 0) is 31.4 Å². The number of carboxylic acids is 1. The molecule has 0 unspecified atom stereocenters. The summed E-state index contributed by atoms with van der Waals surface area (Å²) in [5, 5.41) is 11.9. The van der Waals surface area contributed by atoms with E-state index in [2.05, 4.69) is 10.3 Å². The molecule has 1 aliphatic heterocycles. The van der Waals surface area contributed by atoms with E-state index in [-0.39, 0.29) is 17.1 Å². The molecule has 1 amide bonds. The fraction of sp³-hybridized carbons (Fsp3) is 0.500. The number of carboxylic acid groups (broad SMARTS) is 1. The van der Waals surface area contributed by atoms with Crippen LogP contribution in [0.3, 0.4) is 0 Å². The molecule has 1 fully saturated rings. The van der Waals surface area contributed by atoms with Gasteiger partial charge in [0.15, 0.2) is 0 Å². The second kappa shape index (κ2) is 6.00. The van der Waals surface area contributed by atoms with Crippen LogP contribution in [0.2, 0.25) is 0 Å². The van der Waals surface area contributed by atoms with Crippen LogP contribution < -0.4 is 5.32 Å². The maximum Gasteiger partial charge on any atom is 0.354 e. The predicted octanol–water partition coefficient (Wildman–Crippen LogP) is 1.47. The van der Waals surface area contributed by atoms with E-state index in [1.54, 1.807) is 0 Å². The molecule has 108 valence electrons. The van der Waals surface area contributed by atoms with Gasteiger partial charge in [0, 0.05) is 30.5 Å². The number of hydrogen-bond acceptors (Lipinski definition) is 4. The second-order valence-electron chi connectivity index (χ2n) is 4.94. The van der Waals surface area contributed by atoms with Crippen LogP contribution in [0.1, 0.15) is 47.0 Å². The summed E-state index contributed by atoms with van der Waals surface area (Å²) in [4.78, 5) is 26.9. The first-order valence-electron chi connectivity index (χ1n) is 6.66. The van der Waals surface area contributed by atoms with Crippen LogP contribution in [0.15, 0.2) is 18.3 Å². The van der Waals surface area contributed by atoms with Crippen LogP contribution in [0, 0.1) is 0 Å². The average molecular weight is 278 g/mol. The van der Waals surface area contributed by atoms with Gasteiger partial charge in [-0.3, -0.25) is 4.79 Å². The molecule has 0 atom stereocenters. The lowest BCUT2D eigenvalue weighted by molar-refractivity contribution is 0.0345. The third kappa shape index (κ3) is 3.14. The van der Waals surface area contributed by atoms with Crippen molar-refractivity contribution in [3.8, 4) is 0 Å². The van der Waals surface area contributed by atoms with E-state index in [1.165, 1.54) is 18.3 Å². The predicted molar refractivity (Wildman–Crippen MR) is 71.7 cm³/mol. The number of hydrogen-bond donors (Lipinski definition) is 2. The van der Waals surface area contributed by atoms with Gasteiger partial charge in [-0.25, -0.2) is 9.78 Å². The number of ether oxygens (including phenoxy) is 1. The number of nitrogens with one attached hydrogen (secondary N) is 1. The molecule has 0 saturated carbocycles. The van der Waals surface area contributed by atoms with E-state index in [4.69, 9.17) is 9.84 Å². The summed E-state index contributed by atoms with van der Waals surface area (Å²) < 4.78 is 5.33. The van der Waals surface area contributed by atoms with Crippen molar-refractivity contribution in [2.75, 3.05) is 13.2 Å². The summed E-state index contributed by atoms with van der Waals surface area (Å²) in [6.07, 6.45) is 3.69. The van der Waals surface area contributed by atoms with Gasteiger partial charge < -0.3 is 15.2 Å². The molecular weight excluding hydrogens is 260 g/mol. The first-order chi connectivity index (χ1) is 9.56. The normalized spacial score (nSPS) is 17.4. The Labute approximate surface area is 117 Å². The number of nitrogens with zero attached hydrogens (tertiary/aromatic N) is 1. The minimum absolute atomic E-state index is 0.129. The molecule has 2 heterocycles. The number of carbonyl (C=O) groups is 2. The van der Waals surface area contributed by atoms with Gasteiger partial charge in [-0.15, -0.1) is 0 Å². The molecule has 2 rings (SSSR count). The number of aromatic carboxylic acids is 1. The summed E-state index contributed by atoms with van der Waals surface area (Å²) in [7, 11) is 0. The Morgan fingerprint density at radius 1 is 1.45 bits per heavy atom. The van der Waals surface area contributed by atoms with E-state index in [0.717, 1.165) is 19.3 Å². The van der Waals surface area contributed by atoms with Crippen LogP contribution >= 0.6 is 0 Å². The van der Waals surface area contributed by atoms with Crippen LogP contribution in [0.4, 0.5) is 0 Å². The van der Waals surface area contributed by atoms with Crippen LogP contribution in [-0.2, 0) is 4.74 Å². The molecular formula is C14H18N2O4. The molecule has 1 aliphatic rings. The molecule has 1 saturated heterocycles. The molecule has 0 radical (unpaired) electrons. The summed E-state index contributed by atoms with van der Waals surface area (Å²) >= 11 is 0. The Kier molecular flexibility index (Phi) is 4.34. The van der Waals surface area contributed by atoms with E-state index in [9.17, 15) is 9.59 Å².